The van der Waals surface area contributed by atoms with E-state index in [4.69, 9.17) is 6.92 Å². The van der Waals surface area contributed by atoms with E-state index < -0.39 is 0 Å². The first-order valence-electron chi connectivity index (χ1n) is 4.42. The maximum absolute atomic E-state index is 10.7. The number of carbonyl (C=O) groups excluding carboxylic acids is 1. The van der Waals surface area contributed by atoms with Crippen molar-refractivity contribution < 1.29 is 4.79 Å². The molecule has 1 aliphatic rings. The first-order valence-corrected chi connectivity index (χ1v) is 4.42. The molecule has 0 aromatic carbocycles. The lowest BCUT2D eigenvalue weighted by atomic mass is 10.3. The van der Waals surface area contributed by atoms with Crippen LogP contribution in [0.5, 0.6) is 0 Å². The molecule has 0 spiro atoms. The predicted octanol–water partition coefficient (Wildman–Crippen LogP) is 0.298. The molecule has 0 bridgehead atoms. The molecule has 1 atom stereocenters. The third kappa shape index (κ3) is 2.81. The SMILES string of the molecule is [CH]CCN1CC[C@@H](NC(C)=O)C1. The molecule has 0 aromatic heterocycles. The smallest absolute Gasteiger partial charge is 0.217 e. The molecule has 0 aliphatic carbocycles. The van der Waals surface area contributed by atoms with Gasteiger partial charge in [-0.2, -0.15) is 0 Å². The minimum atomic E-state index is 0.0644. The molecule has 1 aliphatic heterocycles. The van der Waals surface area contributed by atoms with E-state index in [0.29, 0.717) is 12.5 Å². The van der Waals surface area contributed by atoms with Gasteiger partial charge in [-0.25, -0.2) is 0 Å². The van der Waals surface area contributed by atoms with Crippen LogP contribution < -0.4 is 5.32 Å². The van der Waals surface area contributed by atoms with Gasteiger partial charge in [-0.3, -0.25) is 4.79 Å². The number of nitrogens with zero attached hydrogens (tertiary/aromatic N) is 1. The maximum atomic E-state index is 10.7. The minimum absolute atomic E-state index is 0.0644. The van der Waals surface area contributed by atoms with Crippen LogP contribution in [-0.2, 0) is 4.79 Å². The van der Waals surface area contributed by atoms with Gasteiger partial charge in [0.25, 0.3) is 0 Å². The molecule has 1 fully saturated rings. The van der Waals surface area contributed by atoms with Gasteiger partial charge in [0.1, 0.15) is 0 Å². The molecule has 1 amide bonds. The van der Waals surface area contributed by atoms with Gasteiger partial charge < -0.3 is 10.2 Å². The van der Waals surface area contributed by atoms with Crippen molar-refractivity contribution in [2.45, 2.75) is 25.8 Å². The number of hydrogen-bond acceptors (Lipinski definition) is 2. The fourth-order valence-electron chi connectivity index (χ4n) is 1.62. The molecule has 0 unspecified atom stereocenters. The molecule has 1 N–H and O–H groups in total. The summed E-state index contributed by atoms with van der Waals surface area (Å²) in [6, 6.07) is 0.342. The van der Waals surface area contributed by atoms with Gasteiger partial charge in [0.2, 0.25) is 5.91 Å². The summed E-state index contributed by atoms with van der Waals surface area (Å²) in [5, 5.41) is 2.91. The fourth-order valence-corrected chi connectivity index (χ4v) is 1.62. The van der Waals surface area contributed by atoms with Gasteiger partial charge in [0.05, 0.1) is 0 Å². The molecular weight excluding hydrogens is 152 g/mol. The van der Waals surface area contributed by atoms with E-state index in [2.05, 4.69) is 10.2 Å². The van der Waals surface area contributed by atoms with Crippen molar-refractivity contribution in [1.82, 2.24) is 10.2 Å². The van der Waals surface area contributed by atoms with Crippen LogP contribution >= 0.6 is 0 Å². The van der Waals surface area contributed by atoms with Crippen molar-refractivity contribution >= 4 is 5.91 Å². The van der Waals surface area contributed by atoms with E-state index in [0.717, 1.165) is 26.1 Å². The van der Waals surface area contributed by atoms with E-state index in [-0.39, 0.29) is 5.91 Å². The Morgan fingerprint density at radius 1 is 1.75 bits per heavy atom. The number of rotatable bonds is 3. The highest BCUT2D eigenvalue weighted by Gasteiger charge is 2.21. The molecule has 1 saturated heterocycles. The van der Waals surface area contributed by atoms with Crippen LogP contribution in [0.15, 0.2) is 0 Å². The summed E-state index contributed by atoms with van der Waals surface area (Å²) in [4.78, 5) is 13.0. The Bertz CT molecular complexity index is 159. The molecule has 0 saturated carbocycles. The second-order valence-electron chi connectivity index (χ2n) is 3.28. The summed E-state index contributed by atoms with van der Waals surface area (Å²) < 4.78 is 0. The highest BCUT2D eigenvalue weighted by atomic mass is 16.1. The number of amides is 1. The highest BCUT2D eigenvalue weighted by Crippen LogP contribution is 2.08. The van der Waals surface area contributed by atoms with Crippen LogP contribution in [0.4, 0.5) is 0 Å². The second kappa shape index (κ2) is 4.45. The largest absolute Gasteiger partial charge is 0.352 e. The van der Waals surface area contributed by atoms with Crippen molar-refractivity contribution in [3.63, 3.8) is 0 Å². The lowest BCUT2D eigenvalue weighted by molar-refractivity contribution is -0.119. The van der Waals surface area contributed by atoms with E-state index >= 15 is 0 Å². The molecule has 1 heterocycles. The van der Waals surface area contributed by atoms with Crippen LogP contribution in [-0.4, -0.2) is 36.5 Å². The highest BCUT2D eigenvalue weighted by molar-refractivity contribution is 5.73. The van der Waals surface area contributed by atoms with Crippen molar-refractivity contribution in [1.29, 1.82) is 0 Å². The average Bonchev–Trinajstić information content (AvgIpc) is 2.36. The molecule has 3 nitrogen and oxygen atoms in total. The standard InChI is InChI=1S/C9H16N2O/c1-3-5-11-6-4-9(7-11)10-8(2)12/h1,9H,3-7H2,2H3,(H,10,12)/t9-/m1/s1. The van der Waals surface area contributed by atoms with Crippen LogP contribution in [0.3, 0.4) is 0 Å². The Morgan fingerprint density at radius 3 is 3.08 bits per heavy atom. The van der Waals surface area contributed by atoms with E-state index in [9.17, 15) is 4.79 Å². The maximum Gasteiger partial charge on any atom is 0.217 e. The molecule has 12 heavy (non-hydrogen) atoms. The second-order valence-corrected chi connectivity index (χ2v) is 3.28. The summed E-state index contributed by atoms with van der Waals surface area (Å²) in [6.45, 7) is 9.94. The van der Waals surface area contributed by atoms with Crippen LogP contribution in [0.1, 0.15) is 19.8 Å². The van der Waals surface area contributed by atoms with Crippen LogP contribution in [0.2, 0.25) is 0 Å². The molecule has 3 heteroatoms. The lowest BCUT2D eigenvalue weighted by Gasteiger charge is -2.14. The first kappa shape index (κ1) is 9.52. The number of carbonyl (C=O) groups is 1. The Balaban J connectivity index is 2.21. The van der Waals surface area contributed by atoms with Gasteiger partial charge in [0, 0.05) is 26.1 Å². The van der Waals surface area contributed by atoms with Gasteiger partial charge in [-0.05, 0) is 26.3 Å². The topological polar surface area (TPSA) is 32.3 Å². The minimum Gasteiger partial charge on any atom is -0.352 e. The van der Waals surface area contributed by atoms with Gasteiger partial charge >= 0.3 is 0 Å². The third-order valence-electron chi connectivity index (χ3n) is 2.13. The normalized spacial score (nSPS) is 24.3. The van der Waals surface area contributed by atoms with Crippen molar-refractivity contribution in [3.8, 4) is 0 Å². The zero-order valence-electron chi connectivity index (χ0n) is 7.55. The van der Waals surface area contributed by atoms with Crippen LogP contribution in [0.25, 0.3) is 0 Å². The van der Waals surface area contributed by atoms with E-state index in [1.807, 2.05) is 0 Å². The van der Waals surface area contributed by atoms with Crippen molar-refractivity contribution in [3.05, 3.63) is 6.92 Å². The predicted molar refractivity (Wildman–Crippen MR) is 47.6 cm³/mol. The Morgan fingerprint density at radius 2 is 2.50 bits per heavy atom. The Labute approximate surface area is 74.1 Å². The number of nitrogens with one attached hydrogen (secondary N) is 1. The number of hydrogen-bond donors (Lipinski definition) is 1. The first-order chi connectivity index (χ1) is 5.72. The quantitative estimate of drug-likeness (QED) is 0.657. The van der Waals surface area contributed by atoms with Crippen molar-refractivity contribution in [2.24, 2.45) is 0 Å². The molecule has 68 valence electrons. The molecule has 1 rings (SSSR count). The van der Waals surface area contributed by atoms with Gasteiger partial charge in [0.15, 0.2) is 0 Å². The zero-order chi connectivity index (χ0) is 8.97. The number of likely N-dealkylation sites (tertiary alicyclic amines) is 1. The van der Waals surface area contributed by atoms with E-state index in [1.165, 1.54) is 0 Å². The Kier molecular flexibility index (Phi) is 3.53. The third-order valence-corrected chi connectivity index (χ3v) is 2.13. The average molecular weight is 168 g/mol. The summed E-state index contributed by atoms with van der Waals surface area (Å²) in [5.41, 5.74) is 0. The van der Waals surface area contributed by atoms with Crippen LogP contribution in [0, 0.1) is 6.92 Å². The summed E-state index contributed by atoms with van der Waals surface area (Å²) in [7, 11) is 0. The molecular formula is C9H16N2O. The van der Waals surface area contributed by atoms with Crippen molar-refractivity contribution in [2.75, 3.05) is 19.6 Å². The Hall–Kier alpha value is -0.570. The fraction of sp³-hybridized carbons (Fsp3) is 0.778. The summed E-state index contributed by atoms with van der Waals surface area (Å²) in [5.74, 6) is 0.0644. The monoisotopic (exact) mass is 168 g/mol. The summed E-state index contributed by atoms with van der Waals surface area (Å²) >= 11 is 0. The lowest BCUT2D eigenvalue weighted by Crippen LogP contribution is -2.35. The molecule has 0 aromatic rings. The van der Waals surface area contributed by atoms with E-state index in [1.54, 1.807) is 6.92 Å². The van der Waals surface area contributed by atoms with Gasteiger partial charge in [-0.1, -0.05) is 0 Å². The molecule has 2 radical (unpaired) electrons. The summed E-state index contributed by atoms with van der Waals surface area (Å²) in [6.07, 6.45) is 1.76. The van der Waals surface area contributed by atoms with Gasteiger partial charge in [-0.15, -0.1) is 0 Å². The zero-order valence-corrected chi connectivity index (χ0v) is 7.55.